The molecule has 0 spiro atoms. The number of pyridine rings is 1. The van der Waals surface area contributed by atoms with E-state index in [0.717, 1.165) is 38.0 Å². The Morgan fingerprint density at radius 3 is 2.92 bits per heavy atom. The van der Waals surface area contributed by atoms with Crippen molar-refractivity contribution >= 4 is 27.6 Å². The lowest BCUT2D eigenvalue weighted by molar-refractivity contribution is 0.107. The van der Waals surface area contributed by atoms with Crippen molar-refractivity contribution in [2.75, 3.05) is 50.8 Å². The average Bonchev–Trinajstić information content (AvgIpc) is 3.64. The molecule has 3 saturated heterocycles. The molecule has 0 saturated carbocycles. The van der Waals surface area contributed by atoms with E-state index in [9.17, 15) is 9.65 Å². The highest BCUT2D eigenvalue weighted by Gasteiger charge is 2.49. The van der Waals surface area contributed by atoms with Gasteiger partial charge in [0.1, 0.15) is 29.8 Å². The van der Waals surface area contributed by atoms with Gasteiger partial charge in [0.25, 0.3) is 0 Å². The van der Waals surface area contributed by atoms with Crippen LogP contribution in [0.15, 0.2) is 30.6 Å². The van der Waals surface area contributed by atoms with Crippen molar-refractivity contribution in [3.05, 3.63) is 42.0 Å². The monoisotopic (exact) mass is 530 g/mol. The molecular weight excluding hydrogens is 502 g/mol. The third kappa shape index (κ3) is 3.97. The molecule has 39 heavy (non-hydrogen) atoms. The molecule has 0 aliphatic carbocycles. The predicted molar refractivity (Wildman–Crippen MR) is 143 cm³/mol. The number of nitrogens with one attached hydrogen (secondary N) is 2. The number of fused-ring (bicyclic) bond motifs is 3. The molecule has 3 aromatic heterocycles. The molecule has 11 heteroatoms. The summed E-state index contributed by atoms with van der Waals surface area (Å²) < 4.78 is 36.8. The zero-order valence-electron chi connectivity index (χ0n) is 21.4. The Morgan fingerprint density at radius 2 is 2.08 bits per heavy atom. The van der Waals surface area contributed by atoms with Crippen molar-refractivity contribution in [2.24, 2.45) is 0 Å². The van der Waals surface area contributed by atoms with Crippen molar-refractivity contribution in [2.45, 2.75) is 31.0 Å². The number of aromatic nitrogens is 4. The zero-order valence-corrected chi connectivity index (χ0v) is 21.4. The van der Waals surface area contributed by atoms with Crippen LogP contribution in [0.5, 0.6) is 6.01 Å². The normalized spacial score (nSPS) is 23.4. The van der Waals surface area contributed by atoms with E-state index in [0.29, 0.717) is 53.8 Å². The van der Waals surface area contributed by atoms with Gasteiger partial charge in [-0.15, -0.1) is 0 Å². The van der Waals surface area contributed by atoms with E-state index in [2.05, 4.69) is 36.1 Å². The number of nitriles is 1. The number of ether oxygens (including phenoxy) is 1. The Kier molecular flexibility index (Phi) is 5.82. The Hall–Kier alpha value is -3.88. The lowest BCUT2D eigenvalue weighted by Gasteiger charge is -2.31. The highest BCUT2D eigenvalue weighted by atomic mass is 19.1. The van der Waals surface area contributed by atoms with Crippen LogP contribution in [0, 0.1) is 17.1 Å². The van der Waals surface area contributed by atoms with Crippen LogP contribution in [0.1, 0.15) is 24.8 Å². The Balaban J connectivity index is 1.33. The highest BCUT2D eigenvalue weighted by molar-refractivity contribution is 6.01. The molecule has 3 fully saturated rings. The SMILES string of the molecule is N#Cc1cccc2[nH]cc(-c3ncc4c(N5CCNCC5)nc(OC[C@@]56CCCN5CC(F)C6)nc4c3F)c12. The van der Waals surface area contributed by atoms with Crippen molar-refractivity contribution in [3.63, 3.8) is 0 Å². The number of hydrogen-bond donors (Lipinski definition) is 2. The standard InChI is InChI=1S/C28H28F2N8O/c29-18-11-28(5-2-8-38(28)15-18)16-39-27-35-25-20(26(36-27)37-9-6-32-7-10-37)14-34-24(23(25)30)19-13-33-21-4-1-3-17(12-31)22(19)21/h1,3-4,13-14,18,32-33H,2,5-11,15-16H2/t18?,28-/m0/s1. The fraction of sp³-hybridized carbons (Fsp3) is 0.429. The number of alkyl halides is 1. The number of benzene rings is 1. The van der Waals surface area contributed by atoms with Gasteiger partial charge < -0.3 is 19.9 Å². The van der Waals surface area contributed by atoms with Crippen LogP contribution >= 0.6 is 0 Å². The van der Waals surface area contributed by atoms with Gasteiger partial charge in [0, 0.05) is 68.0 Å². The summed E-state index contributed by atoms with van der Waals surface area (Å²) in [6.07, 6.45) is 4.68. The second-order valence-corrected chi connectivity index (χ2v) is 10.7. The van der Waals surface area contributed by atoms with Gasteiger partial charge in [0.05, 0.1) is 22.6 Å². The second kappa shape index (κ2) is 9.39. The van der Waals surface area contributed by atoms with Crippen molar-refractivity contribution in [1.29, 1.82) is 5.26 Å². The lowest BCUT2D eigenvalue weighted by Crippen LogP contribution is -2.44. The van der Waals surface area contributed by atoms with Crippen LogP contribution in [0.2, 0.25) is 0 Å². The molecule has 200 valence electrons. The number of piperazine rings is 1. The van der Waals surface area contributed by atoms with Gasteiger partial charge in [-0.25, -0.2) is 8.78 Å². The molecule has 1 unspecified atom stereocenters. The van der Waals surface area contributed by atoms with Crippen molar-refractivity contribution in [3.8, 4) is 23.3 Å². The summed E-state index contributed by atoms with van der Waals surface area (Å²) in [5.41, 5.74) is 1.49. The second-order valence-electron chi connectivity index (χ2n) is 10.7. The van der Waals surface area contributed by atoms with E-state index >= 15 is 4.39 Å². The third-order valence-electron chi connectivity index (χ3n) is 8.37. The first-order chi connectivity index (χ1) is 19.1. The Morgan fingerprint density at radius 1 is 1.21 bits per heavy atom. The van der Waals surface area contributed by atoms with Gasteiger partial charge in [0.2, 0.25) is 0 Å². The number of aromatic amines is 1. The highest BCUT2D eigenvalue weighted by Crippen LogP contribution is 2.41. The summed E-state index contributed by atoms with van der Waals surface area (Å²) in [6.45, 7) is 4.48. The fourth-order valence-corrected chi connectivity index (χ4v) is 6.50. The van der Waals surface area contributed by atoms with Crippen LogP contribution in [-0.4, -0.2) is 82.4 Å². The molecule has 6 heterocycles. The molecule has 4 aromatic rings. The summed E-state index contributed by atoms with van der Waals surface area (Å²) in [6, 6.07) is 7.59. The maximum atomic E-state index is 16.3. The number of H-pyrrole nitrogens is 1. The Bertz CT molecular complexity index is 1610. The largest absolute Gasteiger partial charge is 0.461 e. The van der Waals surface area contributed by atoms with Gasteiger partial charge in [-0.1, -0.05) is 6.07 Å². The molecular formula is C28H28F2N8O. The van der Waals surface area contributed by atoms with E-state index in [-0.39, 0.29) is 29.4 Å². The van der Waals surface area contributed by atoms with Crippen molar-refractivity contribution < 1.29 is 13.5 Å². The number of halogens is 2. The molecule has 2 atom stereocenters. The van der Waals surface area contributed by atoms with Crippen LogP contribution in [0.25, 0.3) is 33.1 Å². The van der Waals surface area contributed by atoms with E-state index in [1.807, 2.05) is 6.07 Å². The summed E-state index contributed by atoms with van der Waals surface area (Å²) in [7, 11) is 0. The van der Waals surface area contributed by atoms with E-state index in [1.54, 1.807) is 24.5 Å². The van der Waals surface area contributed by atoms with Crippen LogP contribution in [0.4, 0.5) is 14.6 Å². The van der Waals surface area contributed by atoms with Crippen LogP contribution in [-0.2, 0) is 0 Å². The predicted octanol–water partition coefficient (Wildman–Crippen LogP) is 3.55. The molecule has 3 aliphatic rings. The van der Waals surface area contributed by atoms with E-state index in [1.165, 1.54) is 0 Å². The molecule has 0 bridgehead atoms. The molecule has 3 aliphatic heterocycles. The van der Waals surface area contributed by atoms with Gasteiger partial charge in [-0.3, -0.25) is 9.88 Å². The maximum Gasteiger partial charge on any atom is 0.319 e. The molecule has 0 amide bonds. The van der Waals surface area contributed by atoms with Gasteiger partial charge in [-0.2, -0.15) is 15.2 Å². The smallest absolute Gasteiger partial charge is 0.319 e. The minimum atomic E-state index is -0.872. The molecule has 7 rings (SSSR count). The fourth-order valence-electron chi connectivity index (χ4n) is 6.50. The summed E-state index contributed by atoms with van der Waals surface area (Å²) in [5.74, 6) is -0.0308. The number of rotatable bonds is 5. The minimum absolute atomic E-state index is 0.0762. The number of nitrogens with zero attached hydrogens (tertiary/aromatic N) is 6. The molecule has 9 nitrogen and oxygen atoms in total. The summed E-state index contributed by atoms with van der Waals surface area (Å²) >= 11 is 0. The van der Waals surface area contributed by atoms with E-state index in [4.69, 9.17) is 9.72 Å². The summed E-state index contributed by atoms with van der Waals surface area (Å²) in [4.78, 5) is 21.1. The first-order valence-electron chi connectivity index (χ1n) is 13.4. The summed E-state index contributed by atoms with van der Waals surface area (Å²) in [5, 5.41) is 14.1. The number of anilines is 1. The molecule has 0 radical (unpaired) electrons. The number of hydrogen-bond acceptors (Lipinski definition) is 8. The minimum Gasteiger partial charge on any atom is -0.461 e. The van der Waals surface area contributed by atoms with Crippen LogP contribution < -0.4 is 15.0 Å². The average molecular weight is 531 g/mol. The first-order valence-corrected chi connectivity index (χ1v) is 13.4. The lowest BCUT2D eigenvalue weighted by atomic mass is 9.95. The zero-order chi connectivity index (χ0) is 26.6. The van der Waals surface area contributed by atoms with E-state index < -0.39 is 12.0 Å². The first kappa shape index (κ1) is 24.2. The van der Waals surface area contributed by atoms with Crippen molar-refractivity contribution in [1.82, 2.24) is 30.2 Å². The third-order valence-corrected chi connectivity index (χ3v) is 8.37. The van der Waals surface area contributed by atoms with Gasteiger partial charge in [0.15, 0.2) is 5.82 Å². The van der Waals surface area contributed by atoms with Crippen LogP contribution in [0.3, 0.4) is 0 Å². The van der Waals surface area contributed by atoms with Gasteiger partial charge in [-0.05, 0) is 31.5 Å². The Labute approximate surface area is 223 Å². The molecule has 2 N–H and O–H groups in total. The topological polar surface area (TPSA) is 106 Å². The van der Waals surface area contributed by atoms with Gasteiger partial charge >= 0.3 is 6.01 Å². The maximum absolute atomic E-state index is 16.3. The quantitative estimate of drug-likeness (QED) is 0.404. The molecule has 1 aromatic carbocycles.